The maximum Gasteiger partial charge on any atom is 0.237 e. The Bertz CT molecular complexity index is 794. The smallest absolute Gasteiger partial charge is 0.237 e. The highest BCUT2D eigenvalue weighted by Crippen LogP contribution is 2.30. The molecule has 2 aromatic rings. The van der Waals surface area contributed by atoms with Gasteiger partial charge in [0.25, 0.3) is 0 Å². The maximum atomic E-state index is 13.3. The van der Waals surface area contributed by atoms with E-state index in [1.165, 1.54) is 12.1 Å². The molecule has 1 heterocycles. The van der Waals surface area contributed by atoms with Crippen LogP contribution in [0.2, 0.25) is 5.02 Å². The number of rotatable bonds is 3. The van der Waals surface area contributed by atoms with Crippen molar-refractivity contribution in [3.63, 3.8) is 0 Å². The number of benzene rings is 2. The average Bonchev–Trinajstić information content (AvgIpc) is 2.77. The fourth-order valence-electron chi connectivity index (χ4n) is 2.69. The van der Waals surface area contributed by atoms with Crippen LogP contribution in [-0.4, -0.2) is 11.8 Å². The van der Waals surface area contributed by atoms with Gasteiger partial charge in [-0.1, -0.05) is 23.7 Å². The molecule has 0 radical (unpaired) electrons. The second kappa shape index (κ2) is 6.08. The Morgan fingerprint density at radius 2 is 1.87 bits per heavy atom. The number of carbonyl (C=O) groups excluding carboxylic acids is 2. The van der Waals surface area contributed by atoms with Gasteiger partial charge in [0.05, 0.1) is 11.6 Å². The minimum Gasteiger partial charge on any atom is -0.274 e. The van der Waals surface area contributed by atoms with Gasteiger partial charge in [-0.15, -0.1) is 0 Å². The van der Waals surface area contributed by atoms with Crippen LogP contribution in [0.1, 0.15) is 12.0 Å². The van der Waals surface area contributed by atoms with E-state index in [0.717, 1.165) is 17.0 Å². The lowest BCUT2D eigenvalue weighted by Gasteiger charge is -2.15. The third-order valence-electron chi connectivity index (χ3n) is 3.77. The van der Waals surface area contributed by atoms with Crippen LogP contribution in [0.15, 0.2) is 42.5 Å². The summed E-state index contributed by atoms with van der Waals surface area (Å²) in [6.45, 7) is 0. The Hall–Kier alpha value is -2.27. The third kappa shape index (κ3) is 3.10. The average molecular weight is 336 g/mol. The molecule has 1 aliphatic rings. The van der Waals surface area contributed by atoms with E-state index in [1.54, 1.807) is 18.2 Å². The number of hydrogen-bond acceptors (Lipinski definition) is 2. The van der Waals surface area contributed by atoms with Gasteiger partial charge in [-0.3, -0.25) is 14.5 Å². The minimum absolute atomic E-state index is 0.0321. The quantitative estimate of drug-likeness (QED) is 0.801. The van der Waals surface area contributed by atoms with Crippen LogP contribution >= 0.6 is 11.6 Å². The Morgan fingerprint density at radius 1 is 1.09 bits per heavy atom. The fourth-order valence-corrected chi connectivity index (χ4v) is 2.88. The zero-order chi connectivity index (χ0) is 16.6. The molecule has 2 amide bonds. The topological polar surface area (TPSA) is 37.4 Å². The molecule has 0 N–H and O–H groups in total. The van der Waals surface area contributed by atoms with E-state index >= 15 is 0 Å². The van der Waals surface area contributed by atoms with Crippen molar-refractivity contribution in [2.45, 2.75) is 12.8 Å². The molecule has 0 aliphatic carbocycles. The first-order chi connectivity index (χ1) is 11.0. The Labute approximate surface area is 136 Å². The van der Waals surface area contributed by atoms with Crippen LogP contribution < -0.4 is 4.90 Å². The van der Waals surface area contributed by atoms with E-state index in [9.17, 15) is 18.4 Å². The molecule has 1 saturated heterocycles. The van der Waals surface area contributed by atoms with Crippen molar-refractivity contribution < 1.29 is 18.4 Å². The predicted octanol–water partition coefficient (Wildman–Crippen LogP) is 3.74. The maximum absolute atomic E-state index is 13.3. The third-order valence-corrected chi connectivity index (χ3v) is 4.01. The fraction of sp³-hybridized carbons (Fsp3) is 0.176. The van der Waals surface area contributed by atoms with E-state index in [0.29, 0.717) is 16.3 Å². The molecule has 2 aromatic carbocycles. The van der Waals surface area contributed by atoms with Crippen LogP contribution in [0.4, 0.5) is 14.5 Å². The molecule has 0 aromatic heterocycles. The first-order valence-electron chi connectivity index (χ1n) is 7.02. The largest absolute Gasteiger partial charge is 0.274 e. The molecule has 118 valence electrons. The van der Waals surface area contributed by atoms with E-state index in [2.05, 4.69) is 0 Å². The van der Waals surface area contributed by atoms with Crippen molar-refractivity contribution in [3.8, 4) is 0 Å². The summed E-state index contributed by atoms with van der Waals surface area (Å²) in [5, 5.41) is 0.423. The second-order valence-corrected chi connectivity index (χ2v) is 5.84. The first kappa shape index (κ1) is 15.6. The predicted molar refractivity (Wildman–Crippen MR) is 82.1 cm³/mol. The molecule has 0 bridgehead atoms. The summed E-state index contributed by atoms with van der Waals surface area (Å²) in [5.74, 6) is -3.19. The molecule has 3 nitrogen and oxygen atoms in total. The van der Waals surface area contributed by atoms with Crippen LogP contribution in [-0.2, 0) is 16.0 Å². The number of hydrogen-bond donors (Lipinski definition) is 0. The van der Waals surface area contributed by atoms with Gasteiger partial charge in [-0.2, -0.15) is 0 Å². The summed E-state index contributed by atoms with van der Waals surface area (Å²) in [7, 11) is 0. The number of amides is 2. The molecule has 1 aliphatic heterocycles. The molecule has 0 spiro atoms. The molecule has 0 saturated carbocycles. The van der Waals surface area contributed by atoms with Crippen molar-refractivity contribution in [2.75, 3.05) is 4.90 Å². The molecule has 23 heavy (non-hydrogen) atoms. The standard InChI is InChI=1S/C17H12ClF2NO2/c18-12-2-1-3-13(9-12)21-16(22)8-11(17(21)23)6-10-4-5-14(19)15(20)7-10/h1-5,7,9,11H,6,8H2. The molecular formula is C17H12ClF2NO2. The second-order valence-electron chi connectivity index (χ2n) is 5.40. The summed E-state index contributed by atoms with van der Waals surface area (Å²) >= 11 is 5.89. The molecule has 6 heteroatoms. The summed E-state index contributed by atoms with van der Waals surface area (Å²) in [5.41, 5.74) is 0.892. The zero-order valence-electron chi connectivity index (χ0n) is 11.9. The lowest BCUT2D eigenvalue weighted by Crippen LogP contribution is -2.30. The Balaban J connectivity index is 1.82. The first-order valence-corrected chi connectivity index (χ1v) is 7.40. The zero-order valence-corrected chi connectivity index (χ0v) is 12.7. The molecule has 1 atom stereocenters. The summed E-state index contributed by atoms with van der Waals surface area (Å²) in [6.07, 6.45) is 0.211. The van der Waals surface area contributed by atoms with E-state index in [1.807, 2.05) is 0 Å². The number of anilines is 1. The van der Waals surface area contributed by atoms with Crippen LogP contribution in [0.3, 0.4) is 0 Å². The van der Waals surface area contributed by atoms with Gasteiger partial charge in [0.2, 0.25) is 11.8 Å². The van der Waals surface area contributed by atoms with Gasteiger partial charge in [0, 0.05) is 11.4 Å². The van der Waals surface area contributed by atoms with Crippen molar-refractivity contribution in [1.82, 2.24) is 0 Å². The number of imide groups is 1. The van der Waals surface area contributed by atoms with Crippen molar-refractivity contribution in [2.24, 2.45) is 5.92 Å². The van der Waals surface area contributed by atoms with Crippen LogP contribution in [0.5, 0.6) is 0 Å². The van der Waals surface area contributed by atoms with Crippen molar-refractivity contribution >= 4 is 29.1 Å². The highest BCUT2D eigenvalue weighted by atomic mass is 35.5. The summed E-state index contributed by atoms with van der Waals surface area (Å²) in [6, 6.07) is 9.95. The SMILES string of the molecule is O=C1CC(Cc2ccc(F)c(F)c2)C(=O)N1c1cccc(Cl)c1. The van der Waals surface area contributed by atoms with Gasteiger partial charge in [-0.25, -0.2) is 8.78 Å². The summed E-state index contributed by atoms with van der Waals surface area (Å²) in [4.78, 5) is 25.7. The monoisotopic (exact) mass is 335 g/mol. The molecule has 3 rings (SSSR count). The number of carbonyl (C=O) groups is 2. The molecular weight excluding hydrogens is 324 g/mol. The van der Waals surface area contributed by atoms with Crippen LogP contribution in [0, 0.1) is 17.6 Å². The van der Waals surface area contributed by atoms with Gasteiger partial charge < -0.3 is 0 Å². The Morgan fingerprint density at radius 3 is 2.57 bits per heavy atom. The molecule has 1 unspecified atom stereocenters. The Kier molecular flexibility index (Phi) is 4.13. The number of halogens is 3. The van der Waals surface area contributed by atoms with Gasteiger partial charge in [-0.05, 0) is 42.3 Å². The van der Waals surface area contributed by atoms with Gasteiger partial charge in [0.1, 0.15) is 0 Å². The number of nitrogens with zero attached hydrogens (tertiary/aromatic N) is 1. The van der Waals surface area contributed by atoms with E-state index < -0.39 is 17.6 Å². The van der Waals surface area contributed by atoms with Gasteiger partial charge >= 0.3 is 0 Å². The van der Waals surface area contributed by atoms with E-state index in [-0.39, 0.29) is 24.7 Å². The minimum atomic E-state index is -0.967. The highest BCUT2D eigenvalue weighted by molar-refractivity contribution is 6.31. The highest BCUT2D eigenvalue weighted by Gasteiger charge is 2.39. The van der Waals surface area contributed by atoms with Crippen molar-refractivity contribution in [3.05, 3.63) is 64.7 Å². The lowest BCUT2D eigenvalue weighted by molar-refractivity contribution is -0.122. The van der Waals surface area contributed by atoms with E-state index in [4.69, 9.17) is 11.6 Å². The van der Waals surface area contributed by atoms with Gasteiger partial charge in [0.15, 0.2) is 11.6 Å². The summed E-state index contributed by atoms with van der Waals surface area (Å²) < 4.78 is 26.2. The van der Waals surface area contributed by atoms with Crippen molar-refractivity contribution in [1.29, 1.82) is 0 Å². The van der Waals surface area contributed by atoms with Crippen LogP contribution in [0.25, 0.3) is 0 Å². The lowest BCUT2D eigenvalue weighted by atomic mass is 9.98. The normalized spacial score (nSPS) is 17.9. The molecule has 1 fully saturated rings.